The Morgan fingerprint density at radius 1 is 1.08 bits per heavy atom. The summed E-state index contributed by atoms with van der Waals surface area (Å²) in [4.78, 5) is 13.8. The highest BCUT2D eigenvalue weighted by atomic mass is 16.1. The number of primary amides is 1. The number of rotatable bonds is 5. The second-order valence-corrected chi connectivity index (χ2v) is 6.59. The first kappa shape index (κ1) is 16.7. The van der Waals surface area contributed by atoms with E-state index < -0.39 is 11.9 Å². The van der Waals surface area contributed by atoms with E-state index in [0.717, 1.165) is 38.0 Å². The lowest BCUT2D eigenvalue weighted by Gasteiger charge is -2.32. The molecule has 0 spiro atoms. The maximum absolute atomic E-state index is 11.3. The molecule has 4 nitrogen and oxygen atoms in total. The highest BCUT2D eigenvalue weighted by Crippen LogP contribution is 2.30. The molecule has 0 radical (unpaired) electrons. The van der Waals surface area contributed by atoms with Crippen LogP contribution in [0, 0.1) is 0 Å². The van der Waals surface area contributed by atoms with E-state index in [1.165, 1.54) is 11.1 Å². The van der Waals surface area contributed by atoms with E-state index in [2.05, 4.69) is 41.3 Å². The number of hydrogen-bond donors (Lipinski definition) is 2. The quantitative estimate of drug-likeness (QED) is 0.888. The smallest absolute Gasteiger partial charge is 0.238 e. The van der Waals surface area contributed by atoms with Gasteiger partial charge in [0.2, 0.25) is 5.91 Å². The maximum atomic E-state index is 11.3. The van der Waals surface area contributed by atoms with Gasteiger partial charge in [0, 0.05) is 6.54 Å². The summed E-state index contributed by atoms with van der Waals surface area (Å²) in [6.45, 7) is 3.19. The van der Waals surface area contributed by atoms with E-state index in [1.54, 1.807) is 0 Å². The molecule has 1 atom stereocenters. The van der Waals surface area contributed by atoms with Crippen LogP contribution in [-0.4, -0.2) is 23.9 Å². The third kappa shape index (κ3) is 4.02. The number of carbonyl (C=O) groups is 1. The SMILES string of the molecule is NC(=O)C(N)c1cccc(C2CCN(Cc3ccccc3)CC2)c1. The molecule has 126 valence electrons. The summed E-state index contributed by atoms with van der Waals surface area (Å²) in [6, 6.07) is 17.9. The van der Waals surface area contributed by atoms with E-state index in [0.29, 0.717) is 5.92 Å². The average molecular weight is 323 g/mol. The Morgan fingerprint density at radius 3 is 2.46 bits per heavy atom. The molecule has 1 aliphatic heterocycles. The maximum Gasteiger partial charge on any atom is 0.238 e. The van der Waals surface area contributed by atoms with Crippen molar-refractivity contribution in [3.8, 4) is 0 Å². The summed E-state index contributed by atoms with van der Waals surface area (Å²) >= 11 is 0. The van der Waals surface area contributed by atoms with Gasteiger partial charge in [0.05, 0.1) is 0 Å². The van der Waals surface area contributed by atoms with Gasteiger partial charge >= 0.3 is 0 Å². The van der Waals surface area contributed by atoms with Gasteiger partial charge in [0.1, 0.15) is 6.04 Å². The molecule has 24 heavy (non-hydrogen) atoms. The normalized spacial score (nSPS) is 17.5. The molecule has 0 bridgehead atoms. The zero-order chi connectivity index (χ0) is 16.9. The Hall–Kier alpha value is -2.17. The van der Waals surface area contributed by atoms with Crippen LogP contribution < -0.4 is 11.5 Å². The zero-order valence-electron chi connectivity index (χ0n) is 13.9. The molecule has 1 amide bonds. The molecule has 2 aromatic rings. The molecule has 1 unspecified atom stereocenters. The summed E-state index contributed by atoms with van der Waals surface area (Å²) < 4.78 is 0. The van der Waals surface area contributed by atoms with Crippen molar-refractivity contribution in [3.63, 3.8) is 0 Å². The number of benzene rings is 2. The lowest BCUT2D eigenvalue weighted by atomic mass is 9.87. The number of amides is 1. The Bertz CT molecular complexity index is 678. The third-order valence-corrected chi connectivity index (χ3v) is 4.88. The Kier molecular flexibility index (Phi) is 5.28. The van der Waals surface area contributed by atoms with Crippen molar-refractivity contribution >= 4 is 5.91 Å². The van der Waals surface area contributed by atoms with E-state index in [-0.39, 0.29) is 0 Å². The third-order valence-electron chi connectivity index (χ3n) is 4.88. The van der Waals surface area contributed by atoms with Crippen molar-refractivity contribution in [2.24, 2.45) is 11.5 Å². The molecule has 2 aromatic carbocycles. The van der Waals surface area contributed by atoms with Crippen molar-refractivity contribution in [2.75, 3.05) is 13.1 Å². The average Bonchev–Trinajstić information content (AvgIpc) is 2.62. The Morgan fingerprint density at radius 2 is 1.79 bits per heavy atom. The van der Waals surface area contributed by atoms with Crippen LogP contribution in [0.25, 0.3) is 0 Å². The molecule has 1 heterocycles. The Labute approximate surface area is 143 Å². The van der Waals surface area contributed by atoms with Gasteiger partial charge < -0.3 is 11.5 Å². The molecule has 4 N–H and O–H groups in total. The molecule has 4 heteroatoms. The Balaban J connectivity index is 1.60. The number of carbonyl (C=O) groups excluding carboxylic acids is 1. The van der Waals surface area contributed by atoms with Gasteiger partial charge in [0.15, 0.2) is 0 Å². The van der Waals surface area contributed by atoms with Crippen LogP contribution in [0.3, 0.4) is 0 Å². The van der Waals surface area contributed by atoms with Crippen LogP contribution in [-0.2, 0) is 11.3 Å². The van der Waals surface area contributed by atoms with Gasteiger partial charge in [0.25, 0.3) is 0 Å². The predicted octanol–water partition coefficient (Wildman–Crippen LogP) is 2.55. The van der Waals surface area contributed by atoms with Crippen molar-refractivity contribution in [1.82, 2.24) is 4.90 Å². The summed E-state index contributed by atoms with van der Waals surface area (Å²) in [5.74, 6) is 0.0434. The molecule has 0 aromatic heterocycles. The molecular formula is C20H25N3O. The van der Waals surface area contributed by atoms with Gasteiger partial charge in [-0.15, -0.1) is 0 Å². The topological polar surface area (TPSA) is 72.3 Å². The van der Waals surface area contributed by atoms with Crippen LogP contribution >= 0.6 is 0 Å². The fourth-order valence-corrected chi connectivity index (χ4v) is 3.44. The summed E-state index contributed by atoms with van der Waals surface area (Å²) in [5, 5.41) is 0. The summed E-state index contributed by atoms with van der Waals surface area (Å²) in [6.07, 6.45) is 2.25. The second kappa shape index (κ2) is 7.60. The molecular weight excluding hydrogens is 298 g/mol. The number of likely N-dealkylation sites (tertiary alicyclic amines) is 1. The minimum atomic E-state index is -0.719. The first-order valence-corrected chi connectivity index (χ1v) is 8.54. The van der Waals surface area contributed by atoms with Gasteiger partial charge in [-0.05, 0) is 48.5 Å². The first-order chi connectivity index (χ1) is 11.6. The second-order valence-electron chi connectivity index (χ2n) is 6.59. The lowest BCUT2D eigenvalue weighted by molar-refractivity contribution is -0.119. The van der Waals surface area contributed by atoms with Crippen molar-refractivity contribution in [3.05, 3.63) is 71.3 Å². The predicted molar refractivity (Wildman–Crippen MR) is 96.3 cm³/mol. The number of hydrogen-bond acceptors (Lipinski definition) is 3. The van der Waals surface area contributed by atoms with Crippen molar-refractivity contribution < 1.29 is 4.79 Å². The van der Waals surface area contributed by atoms with Crippen LogP contribution in [0.15, 0.2) is 54.6 Å². The summed E-state index contributed by atoms with van der Waals surface area (Å²) in [7, 11) is 0. The van der Waals surface area contributed by atoms with E-state index in [4.69, 9.17) is 11.5 Å². The van der Waals surface area contributed by atoms with Gasteiger partial charge in [-0.25, -0.2) is 0 Å². The van der Waals surface area contributed by atoms with E-state index in [9.17, 15) is 4.79 Å². The number of nitrogens with two attached hydrogens (primary N) is 2. The van der Waals surface area contributed by atoms with Gasteiger partial charge in [-0.2, -0.15) is 0 Å². The standard InChI is InChI=1S/C20H25N3O/c21-19(20(22)24)18-8-4-7-17(13-18)16-9-11-23(12-10-16)14-15-5-2-1-3-6-15/h1-8,13,16,19H,9-12,14,21H2,(H2,22,24). The molecule has 0 aliphatic carbocycles. The molecule has 1 fully saturated rings. The monoisotopic (exact) mass is 323 g/mol. The highest BCUT2D eigenvalue weighted by Gasteiger charge is 2.22. The van der Waals surface area contributed by atoms with E-state index in [1.807, 2.05) is 18.2 Å². The van der Waals surface area contributed by atoms with Crippen molar-refractivity contribution in [2.45, 2.75) is 31.3 Å². The molecule has 1 saturated heterocycles. The van der Waals surface area contributed by atoms with Gasteiger partial charge in [-0.3, -0.25) is 9.69 Å². The lowest BCUT2D eigenvalue weighted by Crippen LogP contribution is -2.32. The zero-order valence-corrected chi connectivity index (χ0v) is 13.9. The van der Waals surface area contributed by atoms with E-state index >= 15 is 0 Å². The van der Waals surface area contributed by atoms with Crippen LogP contribution in [0.5, 0.6) is 0 Å². The molecule has 0 saturated carbocycles. The van der Waals surface area contributed by atoms with Crippen molar-refractivity contribution in [1.29, 1.82) is 0 Å². The number of piperidine rings is 1. The fraction of sp³-hybridized carbons (Fsp3) is 0.350. The summed E-state index contributed by atoms with van der Waals surface area (Å²) in [5.41, 5.74) is 14.6. The minimum absolute atomic E-state index is 0.482. The van der Waals surface area contributed by atoms with Crippen LogP contribution in [0.1, 0.15) is 41.5 Å². The first-order valence-electron chi connectivity index (χ1n) is 8.54. The van der Waals surface area contributed by atoms with Crippen LogP contribution in [0.2, 0.25) is 0 Å². The largest absolute Gasteiger partial charge is 0.368 e. The molecule has 3 rings (SSSR count). The fourth-order valence-electron chi connectivity index (χ4n) is 3.44. The highest BCUT2D eigenvalue weighted by molar-refractivity contribution is 5.81. The van der Waals surface area contributed by atoms with Gasteiger partial charge in [-0.1, -0.05) is 54.6 Å². The number of nitrogens with zero attached hydrogens (tertiary/aromatic N) is 1. The minimum Gasteiger partial charge on any atom is -0.368 e. The van der Waals surface area contributed by atoms with Crippen LogP contribution in [0.4, 0.5) is 0 Å². The molecule has 1 aliphatic rings.